The highest BCUT2D eigenvalue weighted by atomic mass is 31.1. The lowest BCUT2D eigenvalue weighted by atomic mass is 9.98. The van der Waals surface area contributed by atoms with Crippen molar-refractivity contribution in [3.05, 3.63) is 0 Å². The molecule has 30 heavy (non-hydrogen) atoms. The fourth-order valence-corrected chi connectivity index (χ4v) is 7.74. The predicted molar refractivity (Wildman–Crippen MR) is 131 cm³/mol. The third kappa shape index (κ3) is 8.87. The average Bonchev–Trinajstić information content (AvgIpc) is 2.67. The fraction of sp³-hybridized carbons (Fsp3) is 1.00. The Bertz CT molecular complexity index is 409. The average molecular weight is 470 g/mol. The Hall–Kier alpha value is 0.620. The van der Waals surface area contributed by atoms with Crippen LogP contribution in [0.3, 0.4) is 0 Å². The monoisotopic (exact) mass is 469 g/mol. The molecular weight excluding hydrogens is 420 g/mol. The van der Waals surface area contributed by atoms with Crippen molar-refractivity contribution in [1.82, 2.24) is 0 Å². The van der Waals surface area contributed by atoms with Gasteiger partial charge in [0.05, 0.1) is 5.60 Å². The molecule has 0 aromatic heterocycles. The van der Waals surface area contributed by atoms with E-state index in [1.54, 1.807) is 0 Å². The van der Waals surface area contributed by atoms with Gasteiger partial charge < -0.3 is 29.4 Å². The Kier molecular flexibility index (Phi) is 15.0. The lowest BCUT2D eigenvalue weighted by molar-refractivity contribution is -0.173. The summed E-state index contributed by atoms with van der Waals surface area (Å²) in [5.74, 6) is 0. The van der Waals surface area contributed by atoms with Gasteiger partial charge in [0.25, 0.3) is 0 Å². The van der Waals surface area contributed by atoms with E-state index in [1.165, 1.54) is 0 Å². The van der Waals surface area contributed by atoms with E-state index in [0.717, 1.165) is 12.8 Å². The van der Waals surface area contributed by atoms with Gasteiger partial charge >= 0.3 is 0 Å². The zero-order valence-electron chi connectivity index (χ0n) is 21.1. The first-order valence-corrected chi connectivity index (χ1v) is 13.7. The SMILES string of the molecule is CCOC(CC)(OCC)PC(C)C(C)(OC(C)N)C(C)PC(CC)(OCC)OCC. The number of nitrogens with two attached hydrogens (primary N) is 1. The van der Waals surface area contributed by atoms with Crippen molar-refractivity contribution in [2.75, 3.05) is 26.4 Å². The summed E-state index contributed by atoms with van der Waals surface area (Å²) in [5.41, 5.74) is 4.82. The van der Waals surface area contributed by atoms with Gasteiger partial charge in [-0.3, -0.25) is 0 Å². The zero-order valence-corrected chi connectivity index (χ0v) is 23.1. The van der Waals surface area contributed by atoms with E-state index >= 15 is 0 Å². The molecule has 2 N–H and O–H groups in total. The number of ether oxygens (including phenoxy) is 5. The number of hydrogen-bond donors (Lipinski definition) is 1. The molecular formula is C22H49NO5P2. The lowest BCUT2D eigenvalue weighted by Gasteiger charge is -2.47. The lowest BCUT2D eigenvalue weighted by Crippen LogP contribution is -2.52. The van der Waals surface area contributed by atoms with Crippen molar-refractivity contribution in [1.29, 1.82) is 0 Å². The van der Waals surface area contributed by atoms with Crippen molar-refractivity contribution < 1.29 is 23.7 Å². The number of rotatable bonds is 18. The van der Waals surface area contributed by atoms with Gasteiger partial charge in [-0.25, -0.2) is 0 Å². The van der Waals surface area contributed by atoms with Crippen molar-refractivity contribution in [2.24, 2.45) is 5.73 Å². The van der Waals surface area contributed by atoms with E-state index in [0.29, 0.717) is 43.6 Å². The first-order valence-electron chi connectivity index (χ1n) is 11.6. The first-order chi connectivity index (χ1) is 14.0. The highest BCUT2D eigenvalue weighted by Crippen LogP contribution is 2.52. The van der Waals surface area contributed by atoms with Crippen LogP contribution in [-0.4, -0.2) is 60.6 Å². The molecule has 0 amide bonds. The van der Waals surface area contributed by atoms with Crippen molar-refractivity contribution >= 4 is 17.2 Å². The third-order valence-electron chi connectivity index (χ3n) is 5.47. The topological polar surface area (TPSA) is 72.2 Å². The molecule has 0 saturated carbocycles. The van der Waals surface area contributed by atoms with Crippen LogP contribution in [0.1, 0.15) is 82.1 Å². The second-order valence-electron chi connectivity index (χ2n) is 7.68. The smallest absolute Gasteiger partial charge is 0.183 e. The summed E-state index contributed by atoms with van der Waals surface area (Å²) in [5, 5.41) is 0. The molecule has 0 radical (unpaired) electrons. The van der Waals surface area contributed by atoms with E-state index in [1.807, 2.05) is 34.6 Å². The zero-order chi connectivity index (χ0) is 23.4. The maximum Gasteiger partial charge on any atom is 0.183 e. The maximum atomic E-state index is 6.42. The van der Waals surface area contributed by atoms with Crippen LogP contribution in [-0.2, 0) is 23.7 Å². The molecule has 0 fully saturated rings. The molecule has 0 aliphatic heterocycles. The largest absolute Gasteiger partial charge is 0.356 e. The van der Waals surface area contributed by atoms with Crippen LogP contribution in [0.2, 0.25) is 0 Å². The van der Waals surface area contributed by atoms with E-state index in [4.69, 9.17) is 29.4 Å². The third-order valence-corrected chi connectivity index (χ3v) is 9.65. The van der Waals surface area contributed by atoms with Crippen molar-refractivity contribution in [3.63, 3.8) is 0 Å². The van der Waals surface area contributed by atoms with Gasteiger partial charge in [0, 0.05) is 50.6 Å². The molecule has 0 aliphatic rings. The summed E-state index contributed by atoms with van der Waals surface area (Å²) in [6.07, 6.45) is 1.21. The fourth-order valence-electron chi connectivity index (χ4n) is 3.72. The Morgan fingerprint density at radius 3 is 1.17 bits per heavy atom. The minimum atomic E-state index is -0.587. The molecule has 0 saturated heterocycles. The van der Waals surface area contributed by atoms with Crippen LogP contribution in [0, 0.1) is 0 Å². The number of hydrogen-bond acceptors (Lipinski definition) is 6. The summed E-state index contributed by atoms with van der Waals surface area (Å²) in [4.78, 5) is 0. The van der Waals surface area contributed by atoms with Crippen LogP contribution in [0.15, 0.2) is 0 Å². The minimum absolute atomic E-state index is 0.168. The van der Waals surface area contributed by atoms with Gasteiger partial charge in [-0.1, -0.05) is 44.9 Å². The molecule has 6 nitrogen and oxygen atoms in total. The predicted octanol–water partition coefficient (Wildman–Crippen LogP) is 5.47. The Morgan fingerprint density at radius 2 is 0.967 bits per heavy atom. The van der Waals surface area contributed by atoms with Gasteiger partial charge in [0.2, 0.25) is 0 Å². The molecule has 0 spiro atoms. The normalized spacial score (nSPS) is 18.9. The first kappa shape index (κ1) is 30.6. The molecule has 0 aliphatic carbocycles. The van der Waals surface area contributed by atoms with Gasteiger partial charge in [-0.15, -0.1) is 0 Å². The molecule has 0 bridgehead atoms. The van der Waals surface area contributed by atoms with Crippen LogP contribution in [0.25, 0.3) is 0 Å². The Morgan fingerprint density at radius 1 is 0.667 bits per heavy atom. The van der Waals surface area contributed by atoms with Crippen molar-refractivity contribution in [3.8, 4) is 0 Å². The highest BCUT2D eigenvalue weighted by Gasteiger charge is 2.47. The molecule has 0 heterocycles. The van der Waals surface area contributed by atoms with E-state index < -0.39 is 16.7 Å². The maximum absolute atomic E-state index is 6.42. The molecule has 5 unspecified atom stereocenters. The summed E-state index contributed by atoms with van der Waals surface area (Å²) < 4.78 is 30.9. The van der Waals surface area contributed by atoms with E-state index in [-0.39, 0.29) is 17.5 Å². The second-order valence-corrected chi connectivity index (χ2v) is 11.5. The van der Waals surface area contributed by atoms with Crippen LogP contribution in [0.5, 0.6) is 0 Å². The molecule has 0 aromatic carbocycles. The molecule has 0 rings (SSSR count). The Labute approximate surface area is 189 Å². The van der Waals surface area contributed by atoms with Gasteiger partial charge in [-0.05, 0) is 41.5 Å². The van der Waals surface area contributed by atoms with Crippen LogP contribution in [0.4, 0.5) is 0 Å². The summed E-state index contributed by atoms with van der Waals surface area (Å²) in [6, 6.07) is 0. The summed E-state index contributed by atoms with van der Waals surface area (Å²) in [7, 11) is 0.823. The Balaban J connectivity index is 5.88. The second kappa shape index (κ2) is 14.7. The molecule has 5 atom stereocenters. The van der Waals surface area contributed by atoms with Crippen LogP contribution >= 0.6 is 17.2 Å². The molecule has 8 heteroatoms. The quantitative estimate of drug-likeness (QED) is 0.212. The van der Waals surface area contributed by atoms with Crippen LogP contribution < -0.4 is 5.73 Å². The standard InChI is InChI=1S/C22H49NO5P2/c1-11-21(24-13-3,25-14-4)29-17(7)20(10,28-19(9)23)18(8)30-22(12-2,26-15-5)27-16-6/h17-19,29-30H,11-16,23H2,1-10H3. The van der Waals surface area contributed by atoms with Gasteiger partial charge in [-0.2, -0.15) is 0 Å². The summed E-state index contributed by atoms with van der Waals surface area (Å²) >= 11 is 0. The molecule has 0 aromatic rings. The van der Waals surface area contributed by atoms with Crippen molar-refractivity contribution in [2.45, 2.75) is 116 Å². The molecule has 182 valence electrons. The van der Waals surface area contributed by atoms with E-state index in [2.05, 4.69) is 34.6 Å². The highest BCUT2D eigenvalue weighted by molar-refractivity contribution is 7.41. The summed E-state index contributed by atoms with van der Waals surface area (Å²) in [6.45, 7) is 23.2. The minimum Gasteiger partial charge on any atom is -0.356 e. The van der Waals surface area contributed by atoms with E-state index in [9.17, 15) is 0 Å². The van der Waals surface area contributed by atoms with Gasteiger partial charge in [0.15, 0.2) is 11.1 Å². The van der Waals surface area contributed by atoms with Gasteiger partial charge in [0.1, 0.15) is 6.23 Å².